The first-order valence-electron chi connectivity index (χ1n) is 12.2. The predicted molar refractivity (Wildman–Crippen MR) is 134 cm³/mol. The Balaban J connectivity index is 1.24. The van der Waals surface area contributed by atoms with Gasteiger partial charge in [-0.3, -0.25) is 14.6 Å². The molecule has 0 amide bonds. The van der Waals surface area contributed by atoms with Crippen molar-refractivity contribution in [2.45, 2.75) is 57.0 Å². The molecule has 1 aromatic heterocycles. The number of benzene rings is 1. The number of nitrogen functional groups attached to an aromatic ring is 1. The number of nitrogens with two attached hydrogens (primary N) is 1. The summed E-state index contributed by atoms with van der Waals surface area (Å²) in [6.07, 6.45) is 7.34. The molecule has 2 aromatic rings. The van der Waals surface area contributed by atoms with Crippen molar-refractivity contribution in [1.82, 2.24) is 14.5 Å². The summed E-state index contributed by atoms with van der Waals surface area (Å²) in [5, 5.41) is 2.33. The van der Waals surface area contributed by atoms with Gasteiger partial charge in [0, 0.05) is 43.9 Å². The molecule has 2 aliphatic heterocycles. The number of aromatic nitrogens is 1. The molecule has 1 aromatic carbocycles. The van der Waals surface area contributed by atoms with Gasteiger partial charge in [-0.1, -0.05) is 31.0 Å². The molecule has 1 aliphatic carbocycles. The molecule has 7 heteroatoms. The summed E-state index contributed by atoms with van der Waals surface area (Å²) in [7, 11) is 0. The van der Waals surface area contributed by atoms with E-state index in [4.69, 9.17) is 10.8 Å². The van der Waals surface area contributed by atoms with E-state index in [2.05, 4.69) is 34.1 Å². The Morgan fingerprint density at radius 2 is 2.00 bits per heavy atom. The van der Waals surface area contributed by atoms with E-state index in [9.17, 15) is 4.79 Å². The molecule has 32 heavy (non-hydrogen) atoms. The van der Waals surface area contributed by atoms with Gasteiger partial charge in [0.25, 0.3) is 0 Å². The average molecular weight is 454 g/mol. The summed E-state index contributed by atoms with van der Waals surface area (Å²) in [6, 6.07) is 9.26. The first-order chi connectivity index (χ1) is 15.6. The smallest absolute Gasteiger partial charge is 0.136 e. The number of piperazine rings is 1. The van der Waals surface area contributed by atoms with Gasteiger partial charge in [-0.2, -0.15) is 0 Å². The van der Waals surface area contributed by atoms with Crippen molar-refractivity contribution in [2.75, 3.05) is 44.3 Å². The van der Waals surface area contributed by atoms with Crippen LogP contribution in [0.25, 0.3) is 10.9 Å². The zero-order valence-electron chi connectivity index (χ0n) is 19.1. The lowest BCUT2D eigenvalue weighted by atomic mass is 9.96. The molecule has 0 bridgehead atoms. The second-order valence-corrected chi connectivity index (χ2v) is 10.6. The van der Waals surface area contributed by atoms with E-state index in [0.29, 0.717) is 12.0 Å². The van der Waals surface area contributed by atoms with Crippen LogP contribution in [0.2, 0.25) is 0 Å². The number of rotatable bonds is 7. The van der Waals surface area contributed by atoms with Gasteiger partial charge in [0.1, 0.15) is 11.3 Å². The van der Waals surface area contributed by atoms with E-state index >= 15 is 0 Å². The zero-order chi connectivity index (χ0) is 22.1. The van der Waals surface area contributed by atoms with Gasteiger partial charge in [-0.05, 0) is 43.7 Å². The second kappa shape index (κ2) is 9.57. The number of carbonyl (C=O) groups excluding carboxylic acids is 1. The number of hydrogen-bond donors (Lipinski definition) is 1. The molecule has 2 atom stereocenters. The van der Waals surface area contributed by atoms with Crippen LogP contribution in [-0.2, 0) is 4.79 Å². The number of aliphatic imine (C=N–C) groups is 1. The van der Waals surface area contributed by atoms with Crippen LogP contribution in [0.15, 0.2) is 29.3 Å². The molecule has 2 unspecified atom stereocenters. The highest BCUT2D eigenvalue weighted by atomic mass is 32.2. The molecule has 5 rings (SSSR count). The summed E-state index contributed by atoms with van der Waals surface area (Å²) >= 11 is 1.85. The van der Waals surface area contributed by atoms with Crippen LogP contribution in [0.4, 0.5) is 0 Å². The standard InChI is InChI=1S/C25H35N5OS/c1-18(16-31)29-13-11-28(12-14-29)10-9-21-17-32-25(27-21)23-15-20-7-4-8-22(24(20)30(23)26)19-5-2-3-6-19/h4,7-8,15-16,18-19,21H,2-3,5-6,9-14,17,26H2,1H3. The van der Waals surface area contributed by atoms with E-state index in [1.807, 2.05) is 23.4 Å². The molecule has 0 spiro atoms. The zero-order valence-corrected chi connectivity index (χ0v) is 19.9. The summed E-state index contributed by atoms with van der Waals surface area (Å²) in [6.45, 7) is 7.09. The maximum atomic E-state index is 11.0. The number of aldehydes is 1. The number of carbonyl (C=O) groups is 1. The van der Waals surface area contributed by atoms with E-state index in [-0.39, 0.29) is 6.04 Å². The Hall–Kier alpha value is -1.83. The fourth-order valence-electron chi connectivity index (χ4n) is 5.56. The van der Waals surface area contributed by atoms with Crippen molar-refractivity contribution in [3.8, 4) is 0 Å². The Morgan fingerprint density at radius 1 is 1.22 bits per heavy atom. The lowest BCUT2D eigenvalue weighted by Crippen LogP contribution is -2.50. The number of para-hydroxylation sites is 1. The average Bonchev–Trinajstić information content (AvgIpc) is 3.58. The minimum atomic E-state index is 0.0349. The third-order valence-electron chi connectivity index (χ3n) is 7.58. The highest BCUT2D eigenvalue weighted by molar-refractivity contribution is 8.14. The number of fused-ring (bicyclic) bond motifs is 1. The molecular formula is C25H35N5OS. The first kappa shape index (κ1) is 22.0. The fraction of sp³-hybridized carbons (Fsp3) is 0.600. The Kier molecular flexibility index (Phi) is 6.58. The van der Waals surface area contributed by atoms with Gasteiger partial charge in [0.05, 0.1) is 23.3 Å². The lowest BCUT2D eigenvalue weighted by Gasteiger charge is -2.36. The van der Waals surface area contributed by atoms with Gasteiger partial charge in [0.15, 0.2) is 0 Å². The summed E-state index contributed by atoms with van der Waals surface area (Å²) in [5.41, 5.74) is 3.68. The van der Waals surface area contributed by atoms with Gasteiger partial charge >= 0.3 is 0 Å². The summed E-state index contributed by atoms with van der Waals surface area (Å²) in [5.74, 6) is 8.34. The fourth-order valence-corrected chi connectivity index (χ4v) is 6.68. The van der Waals surface area contributed by atoms with E-state index in [0.717, 1.165) is 61.9 Å². The number of hydrogen-bond acceptors (Lipinski definition) is 6. The van der Waals surface area contributed by atoms with E-state index in [1.165, 1.54) is 42.1 Å². The maximum absolute atomic E-state index is 11.0. The molecule has 6 nitrogen and oxygen atoms in total. The summed E-state index contributed by atoms with van der Waals surface area (Å²) in [4.78, 5) is 20.9. The molecular weight excluding hydrogens is 418 g/mol. The third kappa shape index (κ3) is 4.35. The summed E-state index contributed by atoms with van der Waals surface area (Å²) < 4.78 is 1.91. The van der Waals surface area contributed by atoms with Crippen molar-refractivity contribution >= 4 is 34.0 Å². The highest BCUT2D eigenvalue weighted by Crippen LogP contribution is 2.38. The van der Waals surface area contributed by atoms with Crippen LogP contribution in [0.5, 0.6) is 0 Å². The van der Waals surface area contributed by atoms with Crippen LogP contribution in [0, 0.1) is 0 Å². The van der Waals surface area contributed by atoms with Crippen LogP contribution >= 0.6 is 11.8 Å². The maximum Gasteiger partial charge on any atom is 0.136 e. The Bertz CT molecular complexity index is 988. The van der Waals surface area contributed by atoms with Gasteiger partial charge in [0.2, 0.25) is 0 Å². The SMILES string of the molecule is CC(C=O)N1CCN(CCC2CSC(c3cc4cccc(C5CCCC5)c4n3N)=N2)CC1. The quantitative estimate of drug-likeness (QED) is 0.514. The molecule has 2 N–H and O–H groups in total. The third-order valence-corrected chi connectivity index (χ3v) is 8.72. The Morgan fingerprint density at radius 3 is 2.75 bits per heavy atom. The normalized spacial score (nSPS) is 24.3. The van der Waals surface area contributed by atoms with Gasteiger partial charge < -0.3 is 15.5 Å². The first-order valence-corrected chi connectivity index (χ1v) is 13.1. The molecule has 3 aliphatic rings. The largest absolute Gasteiger partial charge is 0.338 e. The minimum Gasteiger partial charge on any atom is -0.338 e. The topological polar surface area (TPSA) is 66.9 Å². The lowest BCUT2D eigenvalue weighted by molar-refractivity contribution is -0.112. The van der Waals surface area contributed by atoms with Crippen LogP contribution in [-0.4, -0.2) is 76.4 Å². The van der Waals surface area contributed by atoms with E-state index in [1.54, 1.807) is 0 Å². The van der Waals surface area contributed by atoms with Crippen molar-refractivity contribution in [3.05, 3.63) is 35.5 Å². The number of thioether (sulfide) groups is 1. The van der Waals surface area contributed by atoms with Crippen LogP contribution < -0.4 is 5.84 Å². The molecule has 172 valence electrons. The van der Waals surface area contributed by atoms with Gasteiger partial charge in [-0.15, -0.1) is 11.8 Å². The molecule has 1 saturated heterocycles. The van der Waals surface area contributed by atoms with Crippen molar-refractivity contribution < 1.29 is 4.79 Å². The highest BCUT2D eigenvalue weighted by Gasteiger charge is 2.27. The molecule has 0 radical (unpaired) electrons. The van der Waals surface area contributed by atoms with Gasteiger partial charge in [-0.25, -0.2) is 0 Å². The second-order valence-electron chi connectivity index (χ2n) is 9.61. The van der Waals surface area contributed by atoms with Crippen LogP contribution in [0.3, 0.4) is 0 Å². The Labute approximate surface area is 195 Å². The predicted octanol–water partition coefficient (Wildman–Crippen LogP) is 3.47. The minimum absolute atomic E-state index is 0.0349. The van der Waals surface area contributed by atoms with Crippen LogP contribution in [0.1, 0.15) is 56.2 Å². The van der Waals surface area contributed by atoms with Crippen molar-refractivity contribution in [3.63, 3.8) is 0 Å². The van der Waals surface area contributed by atoms with E-state index < -0.39 is 0 Å². The van der Waals surface area contributed by atoms with Crippen molar-refractivity contribution in [1.29, 1.82) is 0 Å². The molecule has 1 saturated carbocycles. The molecule has 2 fully saturated rings. The monoisotopic (exact) mass is 453 g/mol. The number of nitrogens with zero attached hydrogens (tertiary/aromatic N) is 4. The molecule has 3 heterocycles. The van der Waals surface area contributed by atoms with Crippen molar-refractivity contribution in [2.24, 2.45) is 4.99 Å².